The van der Waals surface area contributed by atoms with E-state index in [0.29, 0.717) is 0 Å². The topological polar surface area (TPSA) is 33.7 Å². The van der Waals surface area contributed by atoms with Crippen molar-refractivity contribution in [2.75, 3.05) is 31.1 Å². The van der Waals surface area contributed by atoms with Crippen molar-refractivity contribution in [2.24, 2.45) is 0 Å². The van der Waals surface area contributed by atoms with Crippen LogP contribution in [-0.4, -0.2) is 38.1 Å². The van der Waals surface area contributed by atoms with Gasteiger partial charge in [0.25, 0.3) is 0 Å². The van der Waals surface area contributed by atoms with E-state index in [0.717, 1.165) is 45.6 Å². The number of hydrogen-bond acceptors (Lipinski definition) is 4. The van der Waals surface area contributed by atoms with E-state index in [1.165, 1.54) is 24.1 Å². The van der Waals surface area contributed by atoms with Crippen LogP contribution in [0.3, 0.4) is 0 Å². The number of ether oxygens (including phenoxy) is 2. The zero-order valence-corrected chi connectivity index (χ0v) is 12.5. The fourth-order valence-corrected chi connectivity index (χ4v) is 3.84. The van der Waals surface area contributed by atoms with Crippen molar-refractivity contribution in [1.29, 1.82) is 0 Å². The van der Waals surface area contributed by atoms with Gasteiger partial charge in [0.1, 0.15) is 6.10 Å². The van der Waals surface area contributed by atoms with Gasteiger partial charge in [0.15, 0.2) is 5.79 Å². The second-order valence-electron chi connectivity index (χ2n) is 6.42. The molecule has 1 unspecified atom stereocenters. The minimum Gasteiger partial charge on any atom is -0.367 e. The molecule has 1 aromatic rings. The molecule has 4 heteroatoms. The van der Waals surface area contributed by atoms with E-state index in [9.17, 15) is 0 Å². The zero-order valence-electron chi connectivity index (χ0n) is 12.5. The second-order valence-corrected chi connectivity index (χ2v) is 6.42. The van der Waals surface area contributed by atoms with Crippen LogP contribution in [0, 0.1) is 0 Å². The highest BCUT2D eigenvalue weighted by Crippen LogP contribution is 2.39. The average molecular weight is 288 g/mol. The van der Waals surface area contributed by atoms with E-state index in [1.807, 2.05) is 0 Å². The fraction of sp³-hybridized carbons (Fsp3) is 0.647. The monoisotopic (exact) mass is 288 g/mol. The Labute approximate surface area is 126 Å². The first-order valence-corrected chi connectivity index (χ1v) is 8.20. The summed E-state index contributed by atoms with van der Waals surface area (Å²) in [6.07, 6.45) is 4.82. The highest BCUT2D eigenvalue weighted by Gasteiger charge is 2.44. The van der Waals surface area contributed by atoms with Crippen LogP contribution in [0.4, 0.5) is 5.69 Å². The van der Waals surface area contributed by atoms with Gasteiger partial charge in [0.05, 0.1) is 6.61 Å². The Hall–Kier alpha value is -1.10. The van der Waals surface area contributed by atoms with E-state index in [4.69, 9.17) is 9.47 Å². The molecule has 1 spiro atoms. The molecule has 1 aromatic carbocycles. The molecule has 1 saturated carbocycles. The number of para-hydroxylation sites is 1. The van der Waals surface area contributed by atoms with E-state index in [1.54, 1.807) is 0 Å². The predicted molar refractivity (Wildman–Crippen MR) is 82.4 cm³/mol. The number of rotatable bonds is 2. The molecule has 1 aliphatic carbocycles. The Balaban J connectivity index is 1.47. The van der Waals surface area contributed by atoms with Gasteiger partial charge in [-0.3, -0.25) is 0 Å². The summed E-state index contributed by atoms with van der Waals surface area (Å²) in [4.78, 5) is 2.46. The largest absolute Gasteiger partial charge is 0.367 e. The maximum absolute atomic E-state index is 6.28. The maximum atomic E-state index is 6.28. The molecule has 4 nitrogen and oxygen atoms in total. The summed E-state index contributed by atoms with van der Waals surface area (Å²) in [5.41, 5.74) is 2.72. The smallest absolute Gasteiger partial charge is 0.168 e. The molecule has 2 aliphatic heterocycles. The molecule has 4 rings (SSSR count). The Morgan fingerprint density at radius 1 is 1.24 bits per heavy atom. The Kier molecular flexibility index (Phi) is 3.61. The molecular weight excluding hydrogens is 264 g/mol. The number of anilines is 1. The maximum Gasteiger partial charge on any atom is 0.168 e. The van der Waals surface area contributed by atoms with Crippen LogP contribution in [0.1, 0.15) is 31.2 Å². The lowest BCUT2D eigenvalue weighted by Gasteiger charge is -2.28. The second kappa shape index (κ2) is 5.59. The van der Waals surface area contributed by atoms with E-state index in [-0.39, 0.29) is 11.9 Å². The fourth-order valence-electron chi connectivity index (χ4n) is 3.84. The van der Waals surface area contributed by atoms with Crippen LogP contribution in [0.5, 0.6) is 0 Å². The zero-order chi connectivity index (χ0) is 14.1. The summed E-state index contributed by atoms with van der Waals surface area (Å²) in [5.74, 6) is -0.242. The molecule has 1 saturated heterocycles. The predicted octanol–water partition coefficient (Wildman–Crippen LogP) is 2.28. The van der Waals surface area contributed by atoms with Crippen molar-refractivity contribution >= 4 is 5.69 Å². The normalized spacial score (nSPS) is 27.8. The van der Waals surface area contributed by atoms with Gasteiger partial charge in [-0.25, -0.2) is 0 Å². The molecule has 1 N–H and O–H groups in total. The van der Waals surface area contributed by atoms with Crippen LogP contribution < -0.4 is 10.2 Å². The number of nitrogens with zero attached hydrogens (tertiary/aromatic N) is 1. The standard InChI is InChI=1S/C17H24N2O2/c1-2-6-16-14(5-1)11-18-9-10-19(16)12-15-13-20-17(21-15)7-3-4-8-17/h1-2,5-6,15,18H,3-4,7-13H2. The lowest BCUT2D eigenvalue weighted by atomic mass is 10.1. The molecule has 114 valence electrons. The van der Waals surface area contributed by atoms with Crippen molar-refractivity contribution in [3.05, 3.63) is 29.8 Å². The Morgan fingerprint density at radius 3 is 3.00 bits per heavy atom. The summed E-state index contributed by atoms with van der Waals surface area (Å²) in [6.45, 7) is 4.68. The molecule has 0 amide bonds. The third-order valence-corrected chi connectivity index (χ3v) is 4.91. The molecule has 0 radical (unpaired) electrons. The van der Waals surface area contributed by atoms with Crippen molar-refractivity contribution in [2.45, 2.75) is 44.1 Å². The lowest BCUT2D eigenvalue weighted by Crippen LogP contribution is -2.37. The van der Waals surface area contributed by atoms with Crippen molar-refractivity contribution in [3.8, 4) is 0 Å². The van der Waals surface area contributed by atoms with E-state index in [2.05, 4.69) is 34.5 Å². The number of benzene rings is 1. The van der Waals surface area contributed by atoms with Gasteiger partial charge in [-0.2, -0.15) is 0 Å². The molecule has 3 aliphatic rings. The lowest BCUT2D eigenvalue weighted by molar-refractivity contribution is -0.160. The number of fused-ring (bicyclic) bond motifs is 1. The highest BCUT2D eigenvalue weighted by molar-refractivity contribution is 5.54. The van der Waals surface area contributed by atoms with Gasteiger partial charge in [-0.15, -0.1) is 0 Å². The van der Waals surface area contributed by atoms with Crippen molar-refractivity contribution < 1.29 is 9.47 Å². The van der Waals surface area contributed by atoms with Gasteiger partial charge >= 0.3 is 0 Å². The molecule has 0 bridgehead atoms. The summed E-state index contributed by atoms with van der Waals surface area (Å²) < 4.78 is 12.3. The van der Waals surface area contributed by atoms with Crippen molar-refractivity contribution in [3.63, 3.8) is 0 Å². The molecule has 1 atom stereocenters. The molecule has 0 aromatic heterocycles. The Bertz CT molecular complexity index is 499. The third-order valence-electron chi connectivity index (χ3n) is 4.91. The molecular formula is C17H24N2O2. The summed E-state index contributed by atoms with van der Waals surface area (Å²) in [5, 5.41) is 3.49. The van der Waals surface area contributed by atoms with Crippen LogP contribution in [0.25, 0.3) is 0 Å². The first-order chi connectivity index (χ1) is 10.3. The minimum absolute atomic E-state index is 0.203. The molecule has 2 heterocycles. The number of hydrogen-bond donors (Lipinski definition) is 1. The van der Waals surface area contributed by atoms with Crippen molar-refractivity contribution in [1.82, 2.24) is 5.32 Å². The van der Waals surface area contributed by atoms with Gasteiger partial charge in [-0.1, -0.05) is 18.2 Å². The van der Waals surface area contributed by atoms with E-state index < -0.39 is 0 Å². The summed E-state index contributed by atoms with van der Waals surface area (Å²) >= 11 is 0. The van der Waals surface area contributed by atoms with Gasteiger partial charge in [-0.05, 0) is 24.5 Å². The van der Waals surface area contributed by atoms with Gasteiger partial charge < -0.3 is 19.7 Å². The minimum atomic E-state index is -0.242. The van der Waals surface area contributed by atoms with Gasteiger partial charge in [0, 0.05) is 44.7 Å². The van der Waals surface area contributed by atoms with Crippen LogP contribution >= 0.6 is 0 Å². The quantitative estimate of drug-likeness (QED) is 0.905. The summed E-state index contributed by atoms with van der Waals surface area (Å²) in [7, 11) is 0. The highest BCUT2D eigenvalue weighted by atomic mass is 16.7. The van der Waals surface area contributed by atoms with Crippen LogP contribution in [0.15, 0.2) is 24.3 Å². The first kappa shape index (κ1) is 13.6. The third kappa shape index (κ3) is 2.68. The van der Waals surface area contributed by atoms with Crippen LogP contribution in [0.2, 0.25) is 0 Å². The molecule has 2 fully saturated rings. The van der Waals surface area contributed by atoms with Gasteiger partial charge in [0.2, 0.25) is 0 Å². The summed E-state index contributed by atoms with van der Waals surface area (Å²) in [6, 6.07) is 8.68. The first-order valence-electron chi connectivity index (χ1n) is 8.20. The Morgan fingerprint density at radius 2 is 2.10 bits per heavy atom. The molecule has 21 heavy (non-hydrogen) atoms. The average Bonchev–Trinajstić information content (AvgIpc) is 3.08. The van der Waals surface area contributed by atoms with E-state index >= 15 is 0 Å². The SMILES string of the molecule is c1ccc2c(c1)CNCCN2CC1COC2(CCCC2)O1. The van der Waals surface area contributed by atoms with Crippen LogP contribution in [-0.2, 0) is 16.0 Å². The number of nitrogens with one attached hydrogen (secondary N) is 1.